The van der Waals surface area contributed by atoms with Crippen molar-refractivity contribution < 1.29 is 9.66 Å². The van der Waals surface area contributed by atoms with Crippen molar-refractivity contribution in [2.45, 2.75) is 0 Å². The van der Waals surface area contributed by atoms with Gasteiger partial charge in [0.1, 0.15) is 11.6 Å². The molecule has 0 atom stereocenters. The van der Waals surface area contributed by atoms with E-state index >= 15 is 0 Å². The van der Waals surface area contributed by atoms with Gasteiger partial charge in [-0.25, -0.2) is 4.98 Å². The van der Waals surface area contributed by atoms with Gasteiger partial charge in [0.05, 0.1) is 10.5 Å². The third-order valence-corrected chi connectivity index (χ3v) is 2.32. The van der Waals surface area contributed by atoms with Crippen molar-refractivity contribution in [3.63, 3.8) is 0 Å². The molecule has 1 aromatic carbocycles. The molecule has 0 aliphatic heterocycles. The molecule has 2 rings (SSSR count). The molecule has 0 aliphatic carbocycles. The standard InChI is InChI=1S/C12H10N4O3.ClH/c13-11(14)10-2-1-7-15-12(10)19-9-5-3-8(4-6-9)16(17)18;/h1-7H,(H3,13,14);1H. The van der Waals surface area contributed by atoms with E-state index in [-0.39, 0.29) is 29.8 Å². The first kappa shape index (κ1) is 15.4. The zero-order valence-corrected chi connectivity index (χ0v) is 11.0. The number of ether oxygens (including phenoxy) is 1. The van der Waals surface area contributed by atoms with E-state index < -0.39 is 4.92 Å². The van der Waals surface area contributed by atoms with Gasteiger partial charge in [-0.05, 0) is 24.3 Å². The van der Waals surface area contributed by atoms with Gasteiger partial charge < -0.3 is 10.5 Å². The van der Waals surface area contributed by atoms with E-state index in [1.807, 2.05) is 0 Å². The molecule has 2 aromatic rings. The highest BCUT2D eigenvalue weighted by Crippen LogP contribution is 2.24. The Hall–Kier alpha value is -2.67. The van der Waals surface area contributed by atoms with Gasteiger partial charge in [-0.1, -0.05) is 0 Å². The number of nitrogens with one attached hydrogen (secondary N) is 1. The number of pyridine rings is 1. The maximum absolute atomic E-state index is 10.5. The third kappa shape index (κ3) is 3.42. The van der Waals surface area contributed by atoms with Crippen molar-refractivity contribution in [3.8, 4) is 11.6 Å². The number of hydrogen-bond acceptors (Lipinski definition) is 5. The van der Waals surface area contributed by atoms with Gasteiger partial charge in [-0.3, -0.25) is 15.5 Å². The molecular weight excluding hydrogens is 284 g/mol. The zero-order valence-electron chi connectivity index (χ0n) is 10.1. The van der Waals surface area contributed by atoms with Crippen LogP contribution in [0, 0.1) is 15.5 Å². The molecule has 0 bridgehead atoms. The number of nitrogens with two attached hydrogens (primary N) is 1. The Labute approximate surface area is 120 Å². The fourth-order valence-electron chi connectivity index (χ4n) is 1.42. The highest BCUT2D eigenvalue weighted by molar-refractivity contribution is 5.97. The van der Waals surface area contributed by atoms with E-state index in [0.717, 1.165) is 0 Å². The number of halogens is 1. The van der Waals surface area contributed by atoms with Gasteiger partial charge in [0.25, 0.3) is 5.69 Å². The van der Waals surface area contributed by atoms with E-state index in [2.05, 4.69) is 4.98 Å². The first-order valence-electron chi connectivity index (χ1n) is 5.29. The quantitative estimate of drug-likeness (QED) is 0.389. The molecule has 1 aromatic heterocycles. The summed E-state index contributed by atoms with van der Waals surface area (Å²) >= 11 is 0. The summed E-state index contributed by atoms with van der Waals surface area (Å²) in [6.07, 6.45) is 1.51. The summed E-state index contributed by atoms with van der Waals surface area (Å²) in [6.45, 7) is 0. The van der Waals surface area contributed by atoms with Crippen LogP contribution < -0.4 is 10.5 Å². The van der Waals surface area contributed by atoms with Crippen molar-refractivity contribution in [2.24, 2.45) is 5.73 Å². The maximum Gasteiger partial charge on any atom is 0.269 e. The predicted octanol–water partition coefficient (Wildman–Crippen LogP) is 2.49. The van der Waals surface area contributed by atoms with Crippen molar-refractivity contribution in [3.05, 3.63) is 58.3 Å². The molecule has 20 heavy (non-hydrogen) atoms. The summed E-state index contributed by atoms with van der Waals surface area (Å²) in [5.41, 5.74) is 5.74. The fraction of sp³-hybridized carbons (Fsp3) is 0. The van der Waals surface area contributed by atoms with Crippen LogP contribution >= 0.6 is 12.4 Å². The number of amidine groups is 1. The average Bonchev–Trinajstić information content (AvgIpc) is 2.39. The molecule has 0 saturated carbocycles. The lowest BCUT2D eigenvalue weighted by Gasteiger charge is -2.08. The van der Waals surface area contributed by atoms with E-state index in [9.17, 15) is 10.1 Å². The number of nitro benzene ring substituents is 1. The minimum Gasteiger partial charge on any atom is -0.438 e. The summed E-state index contributed by atoms with van der Waals surface area (Å²) in [7, 11) is 0. The largest absolute Gasteiger partial charge is 0.438 e. The van der Waals surface area contributed by atoms with E-state index in [1.54, 1.807) is 12.1 Å². The van der Waals surface area contributed by atoms with Crippen molar-refractivity contribution in [2.75, 3.05) is 0 Å². The monoisotopic (exact) mass is 294 g/mol. The van der Waals surface area contributed by atoms with E-state index in [4.69, 9.17) is 15.9 Å². The molecule has 0 spiro atoms. The van der Waals surface area contributed by atoms with Gasteiger partial charge in [-0.15, -0.1) is 12.4 Å². The van der Waals surface area contributed by atoms with Gasteiger partial charge in [-0.2, -0.15) is 0 Å². The Balaban J connectivity index is 0.00000200. The molecule has 0 amide bonds. The SMILES string of the molecule is Cl.N=C(N)c1cccnc1Oc1ccc([N+](=O)[O-])cc1. The first-order valence-corrected chi connectivity index (χ1v) is 5.29. The number of non-ortho nitro benzene ring substituents is 1. The highest BCUT2D eigenvalue weighted by Gasteiger charge is 2.10. The Morgan fingerprint density at radius 2 is 1.95 bits per heavy atom. The first-order chi connectivity index (χ1) is 9.08. The lowest BCUT2D eigenvalue weighted by Crippen LogP contribution is -2.12. The number of nitrogen functional groups attached to an aromatic ring is 1. The average molecular weight is 295 g/mol. The Bertz CT molecular complexity index is 631. The van der Waals surface area contributed by atoms with Crippen molar-refractivity contribution in [1.82, 2.24) is 4.98 Å². The van der Waals surface area contributed by atoms with E-state index in [1.165, 1.54) is 30.5 Å². The molecule has 0 unspecified atom stereocenters. The third-order valence-electron chi connectivity index (χ3n) is 2.32. The Kier molecular flexibility index (Phi) is 4.99. The Morgan fingerprint density at radius 1 is 1.30 bits per heavy atom. The molecule has 7 nitrogen and oxygen atoms in total. The second-order valence-corrected chi connectivity index (χ2v) is 3.62. The van der Waals surface area contributed by atoms with Gasteiger partial charge in [0.2, 0.25) is 5.88 Å². The van der Waals surface area contributed by atoms with Crippen LogP contribution in [0.25, 0.3) is 0 Å². The number of nitrogens with zero attached hydrogens (tertiary/aromatic N) is 2. The van der Waals surface area contributed by atoms with Crippen LogP contribution in [0.3, 0.4) is 0 Å². The van der Waals surface area contributed by atoms with Gasteiger partial charge >= 0.3 is 0 Å². The molecule has 8 heteroatoms. The van der Waals surface area contributed by atoms with Crippen molar-refractivity contribution >= 4 is 23.9 Å². The second-order valence-electron chi connectivity index (χ2n) is 3.62. The Morgan fingerprint density at radius 3 is 2.50 bits per heavy atom. The molecule has 0 aliphatic rings. The van der Waals surface area contributed by atoms with Crippen LogP contribution in [-0.2, 0) is 0 Å². The highest BCUT2D eigenvalue weighted by atomic mass is 35.5. The van der Waals surface area contributed by atoms with Gasteiger partial charge in [0.15, 0.2) is 0 Å². The van der Waals surface area contributed by atoms with E-state index in [0.29, 0.717) is 11.3 Å². The number of benzene rings is 1. The van der Waals surface area contributed by atoms with Crippen LogP contribution in [0.15, 0.2) is 42.6 Å². The topological polar surface area (TPSA) is 115 Å². The number of aromatic nitrogens is 1. The lowest BCUT2D eigenvalue weighted by molar-refractivity contribution is -0.384. The number of nitro groups is 1. The molecule has 1 heterocycles. The smallest absolute Gasteiger partial charge is 0.269 e. The molecular formula is C12H11ClN4O3. The summed E-state index contributed by atoms with van der Waals surface area (Å²) in [6, 6.07) is 8.81. The summed E-state index contributed by atoms with van der Waals surface area (Å²) < 4.78 is 5.45. The molecule has 0 saturated heterocycles. The second kappa shape index (κ2) is 6.48. The van der Waals surface area contributed by atoms with Gasteiger partial charge in [0, 0.05) is 18.3 Å². The summed E-state index contributed by atoms with van der Waals surface area (Å²) in [5, 5.41) is 17.9. The van der Waals surface area contributed by atoms with Crippen LogP contribution in [0.5, 0.6) is 11.6 Å². The van der Waals surface area contributed by atoms with Crippen LogP contribution in [0.4, 0.5) is 5.69 Å². The normalized spacial score (nSPS) is 9.40. The predicted molar refractivity (Wildman–Crippen MR) is 75.7 cm³/mol. The van der Waals surface area contributed by atoms with Crippen LogP contribution in [0.1, 0.15) is 5.56 Å². The van der Waals surface area contributed by atoms with Crippen molar-refractivity contribution in [1.29, 1.82) is 5.41 Å². The minimum atomic E-state index is -0.494. The number of hydrogen-bond donors (Lipinski definition) is 2. The zero-order chi connectivity index (χ0) is 13.8. The lowest BCUT2D eigenvalue weighted by atomic mass is 10.2. The minimum absolute atomic E-state index is 0. The van der Waals surface area contributed by atoms with Crippen LogP contribution in [0.2, 0.25) is 0 Å². The molecule has 0 fully saturated rings. The number of rotatable bonds is 4. The maximum atomic E-state index is 10.5. The summed E-state index contributed by atoms with van der Waals surface area (Å²) in [4.78, 5) is 14.0. The van der Waals surface area contributed by atoms with Crippen LogP contribution in [-0.4, -0.2) is 15.7 Å². The molecule has 0 radical (unpaired) electrons. The summed E-state index contributed by atoms with van der Waals surface area (Å²) in [5.74, 6) is 0.403. The fourth-order valence-corrected chi connectivity index (χ4v) is 1.42. The molecule has 3 N–H and O–H groups in total. The molecule has 104 valence electrons.